The highest BCUT2D eigenvalue weighted by Gasteiger charge is 2.74. The number of allylic oxidation sites excluding steroid dienone is 1. The van der Waals surface area contributed by atoms with E-state index in [0.29, 0.717) is 25.1 Å². The molecule has 1 aliphatic carbocycles. The second kappa shape index (κ2) is 5.74. The lowest BCUT2D eigenvalue weighted by molar-refractivity contribution is -0.712. The van der Waals surface area contributed by atoms with Crippen molar-refractivity contribution in [3.63, 3.8) is 0 Å². The van der Waals surface area contributed by atoms with E-state index < -0.39 is 16.5 Å². The van der Waals surface area contributed by atoms with E-state index in [1.807, 2.05) is 41.3 Å². The number of rotatable bonds is 1. The molecule has 8 rings (SSSR count). The molecule has 33 heavy (non-hydrogen) atoms. The van der Waals surface area contributed by atoms with Gasteiger partial charge in [-0.05, 0) is 62.4 Å². The highest BCUT2D eigenvalue weighted by Crippen LogP contribution is 2.60. The zero-order chi connectivity index (χ0) is 22.8. The fourth-order valence-corrected chi connectivity index (χ4v) is 7.32. The minimum absolute atomic E-state index is 0.00706. The predicted octanol–water partition coefficient (Wildman–Crippen LogP) is 3.51. The number of amides is 2. The van der Waals surface area contributed by atoms with E-state index in [9.17, 15) is 14.8 Å². The molecular formula is C27H26N3O3+. The average molecular weight is 441 g/mol. The average Bonchev–Trinajstić information content (AvgIpc) is 3.36. The Morgan fingerprint density at radius 1 is 1.09 bits per heavy atom. The first-order chi connectivity index (χ1) is 15.8. The van der Waals surface area contributed by atoms with Gasteiger partial charge in [-0.25, -0.2) is 0 Å². The van der Waals surface area contributed by atoms with Crippen molar-refractivity contribution >= 4 is 28.8 Å². The fourth-order valence-electron chi connectivity index (χ4n) is 7.32. The van der Waals surface area contributed by atoms with Crippen molar-refractivity contribution in [3.8, 4) is 11.1 Å². The maximum absolute atomic E-state index is 13.9. The van der Waals surface area contributed by atoms with E-state index in [1.54, 1.807) is 0 Å². The molecule has 5 aliphatic heterocycles. The van der Waals surface area contributed by atoms with Gasteiger partial charge in [-0.1, -0.05) is 30.3 Å². The van der Waals surface area contributed by atoms with Gasteiger partial charge in [0.05, 0.1) is 16.6 Å². The zero-order valence-corrected chi connectivity index (χ0v) is 18.8. The monoisotopic (exact) mass is 440 g/mol. The van der Waals surface area contributed by atoms with Crippen LogP contribution in [0.25, 0.3) is 16.7 Å². The summed E-state index contributed by atoms with van der Waals surface area (Å²) in [6.45, 7) is 4.85. The van der Waals surface area contributed by atoms with Gasteiger partial charge in [0.1, 0.15) is 11.1 Å². The minimum Gasteiger partial charge on any atom is -0.336 e. The number of hydrogen-bond donors (Lipinski definition) is 2. The third-order valence-electron chi connectivity index (χ3n) is 8.86. The number of nitrogens with one attached hydrogen (secondary N) is 1. The molecule has 3 atom stereocenters. The van der Waals surface area contributed by atoms with Gasteiger partial charge in [-0.3, -0.25) is 14.8 Å². The SMILES string of the molecule is CC1(C)C2=[N+](O)c3ccc(-c4ccccc4)cc3C2=C[C@@]23NC(=O)C4(CCCN4C2=O)CC13. The maximum Gasteiger partial charge on any atom is 0.265 e. The Balaban J connectivity index is 1.47. The van der Waals surface area contributed by atoms with Crippen molar-refractivity contribution < 1.29 is 19.5 Å². The minimum atomic E-state index is -1.07. The van der Waals surface area contributed by atoms with Crippen LogP contribution in [0.1, 0.15) is 38.7 Å². The Bertz CT molecular complexity index is 1340. The zero-order valence-electron chi connectivity index (χ0n) is 18.8. The summed E-state index contributed by atoms with van der Waals surface area (Å²) in [5, 5.41) is 14.5. The first kappa shape index (κ1) is 19.1. The molecule has 2 N–H and O–H groups in total. The van der Waals surface area contributed by atoms with E-state index in [-0.39, 0.29) is 17.7 Å². The number of hydrogen-bond acceptors (Lipinski definition) is 3. The molecule has 5 heterocycles. The largest absolute Gasteiger partial charge is 0.336 e. The number of fused-ring (bicyclic) bond motifs is 4. The summed E-state index contributed by atoms with van der Waals surface area (Å²) in [5.74, 6) is -0.141. The van der Waals surface area contributed by atoms with Gasteiger partial charge >= 0.3 is 0 Å². The molecule has 6 heteroatoms. The van der Waals surface area contributed by atoms with Gasteiger partial charge in [0.2, 0.25) is 11.6 Å². The molecule has 2 spiro atoms. The van der Waals surface area contributed by atoms with Gasteiger partial charge in [0, 0.05) is 23.3 Å². The van der Waals surface area contributed by atoms with E-state index in [2.05, 4.69) is 37.4 Å². The Morgan fingerprint density at radius 3 is 2.67 bits per heavy atom. The molecule has 0 radical (unpaired) electrons. The standard InChI is InChI=1S/C27H25N3O3/c1-25(2)21-15-26-11-6-12-29(26)24(32)27(21,28-23(26)31)14-19-18-13-17(16-7-4-3-5-8-16)9-10-20(18)30(33)22(19)25/h3-5,7-10,13-14,21H,6,11-12,15H2,1-2H3,(H-,28,31,33)/p+1/t21?,26?,27-/m0/s1. The number of benzene rings is 2. The van der Waals surface area contributed by atoms with E-state index in [1.165, 1.54) is 4.74 Å². The lowest BCUT2D eigenvalue weighted by atomic mass is 9.51. The van der Waals surface area contributed by atoms with Crippen molar-refractivity contribution in [2.24, 2.45) is 11.3 Å². The predicted molar refractivity (Wildman–Crippen MR) is 123 cm³/mol. The molecule has 0 saturated carbocycles. The number of carbonyl (C=O) groups excluding carboxylic acids is 2. The van der Waals surface area contributed by atoms with Crippen molar-refractivity contribution in [3.05, 3.63) is 60.2 Å². The molecule has 2 amide bonds. The second-order valence-electron chi connectivity index (χ2n) is 10.7. The van der Waals surface area contributed by atoms with E-state index >= 15 is 0 Å². The Morgan fingerprint density at radius 2 is 1.88 bits per heavy atom. The van der Waals surface area contributed by atoms with Gasteiger partial charge < -0.3 is 10.2 Å². The quantitative estimate of drug-likeness (QED) is 0.527. The Hall–Kier alpha value is -3.41. The van der Waals surface area contributed by atoms with Crippen LogP contribution in [0.3, 0.4) is 0 Å². The second-order valence-corrected chi connectivity index (χ2v) is 10.7. The van der Waals surface area contributed by atoms with Crippen LogP contribution in [0.2, 0.25) is 0 Å². The van der Waals surface area contributed by atoms with Gasteiger partial charge in [-0.15, -0.1) is 0 Å². The number of nitrogens with zero attached hydrogens (tertiary/aromatic N) is 2. The van der Waals surface area contributed by atoms with Crippen LogP contribution in [0.4, 0.5) is 5.69 Å². The molecular weight excluding hydrogens is 414 g/mol. The summed E-state index contributed by atoms with van der Waals surface area (Å²) in [4.78, 5) is 29.1. The van der Waals surface area contributed by atoms with Crippen LogP contribution in [0.15, 0.2) is 54.6 Å². The van der Waals surface area contributed by atoms with Crippen LogP contribution in [0, 0.1) is 11.3 Å². The summed E-state index contributed by atoms with van der Waals surface area (Å²) in [6, 6.07) is 16.2. The summed E-state index contributed by atoms with van der Waals surface area (Å²) in [6.07, 6.45) is 4.14. The lowest BCUT2D eigenvalue weighted by Gasteiger charge is -2.62. The number of piperazine rings is 1. The van der Waals surface area contributed by atoms with Crippen molar-refractivity contribution in [2.75, 3.05) is 6.54 Å². The molecule has 2 aromatic carbocycles. The Labute approximate surface area is 192 Å². The Kier molecular flexibility index (Phi) is 3.32. The van der Waals surface area contributed by atoms with Crippen LogP contribution in [0.5, 0.6) is 0 Å². The molecule has 0 aromatic heterocycles. The van der Waals surface area contributed by atoms with Crippen molar-refractivity contribution in [1.82, 2.24) is 10.2 Å². The van der Waals surface area contributed by atoms with Crippen LogP contribution in [-0.2, 0) is 9.59 Å². The van der Waals surface area contributed by atoms with E-state index in [0.717, 1.165) is 34.4 Å². The molecule has 2 unspecified atom stereocenters. The number of carbonyl (C=O) groups is 2. The molecule has 2 aromatic rings. The summed E-state index contributed by atoms with van der Waals surface area (Å²) in [7, 11) is 0. The topological polar surface area (TPSA) is 72.7 Å². The van der Waals surface area contributed by atoms with E-state index in [4.69, 9.17) is 0 Å². The maximum atomic E-state index is 13.9. The fraction of sp³-hybridized carbons (Fsp3) is 0.370. The van der Waals surface area contributed by atoms with Crippen LogP contribution >= 0.6 is 0 Å². The summed E-state index contributed by atoms with van der Waals surface area (Å²) < 4.78 is 1.31. The third kappa shape index (κ3) is 2.04. The summed E-state index contributed by atoms with van der Waals surface area (Å²) >= 11 is 0. The smallest absolute Gasteiger partial charge is 0.265 e. The van der Waals surface area contributed by atoms with Gasteiger partial charge in [-0.2, -0.15) is 0 Å². The first-order valence-electron chi connectivity index (χ1n) is 11.7. The number of piperidine rings is 2. The third-order valence-corrected chi connectivity index (χ3v) is 8.86. The van der Waals surface area contributed by atoms with Gasteiger partial charge in [0.25, 0.3) is 11.6 Å². The highest BCUT2D eigenvalue weighted by molar-refractivity contribution is 6.30. The van der Waals surface area contributed by atoms with Crippen molar-refractivity contribution in [2.45, 2.75) is 44.2 Å². The highest BCUT2D eigenvalue weighted by atomic mass is 16.5. The van der Waals surface area contributed by atoms with Gasteiger partial charge in [0.15, 0.2) is 0 Å². The molecule has 166 valence electrons. The molecule has 6 nitrogen and oxygen atoms in total. The molecule has 6 aliphatic rings. The molecule has 4 saturated heterocycles. The molecule has 2 bridgehead atoms. The normalized spacial score (nSPS) is 32.7. The summed E-state index contributed by atoms with van der Waals surface area (Å²) in [5.41, 5.74) is 3.06. The van der Waals surface area contributed by atoms with Crippen LogP contribution in [-0.4, -0.2) is 50.0 Å². The lowest BCUT2D eigenvalue weighted by Crippen LogP contribution is -2.83. The van der Waals surface area contributed by atoms with Crippen molar-refractivity contribution in [1.29, 1.82) is 0 Å². The van der Waals surface area contributed by atoms with Crippen LogP contribution < -0.4 is 5.32 Å². The molecule has 4 fully saturated rings. The first-order valence-corrected chi connectivity index (χ1v) is 11.7.